The molecule has 0 saturated carbocycles. The quantitative estimate of drug-likeness (QED) is 0.316. The van der Waals surface area contributed by atoms with Gasteiger partial charge in [0.05, 0.1) is 0 Å². The summed E-state index contributed by atoms with van der Waals surface area (Å²) in [7, 11) is 0. The highest BCUT2D eigenvalue weighted by Crippen LogP contribution is 2.49. The van der Waals surface area contributed by atoms with Crippen LogP contribution < -0.4 is 0 Å². The molecule has 0 aliphatic carbocycles. The van der Waals surface area contributed by atoms with Crippen LogP contribution in [-0.4, -0.2) is 0 Å². The van der Waals surface area contributed by atoms with E-state index in [2.05, 4.69) is 81.4 Å². The summed E-state index contributed by atoms with van der Waals surface area (Å²) in [6.07, 6.45) is 0. The van der Waals surface area contributed by atoms with Crippen LogP contribution in [0.2, 0.25) is 0 Å². The van der Waals surface area contributed by atoms with E-state index < -0.39 is 0 Å². The molecule has 0 saturated heterocycles. The summed E-state index contributed by atoms with van der Waals surface area (Å²) < 4.78 is 21.8. The summed E-state index contributed by atoms with van der Waals surface area (Å²) >= 11 is 0. The van der Waals surface area contributed by atoms with Crippen molar-refractivity contribution in [2.45, 2.75) is 91.9 Å². The predicted molar refractivity (Wildman–Crippen MR) is 122 cm³/mol. The number of benzene rings is 2. The van der Waals surface area contributed by atoms with Crippen LogP contribution in [-0.2, 0) is 10.8 Å². The van der Waals surface area contributed by atoms with Crippen LogP contribution in [0.5, 0.6) is 0 Å². The van der Waals surface area contributed by atoms with Crippen LogP contribution in [0, 0.1) is 0 Å². The van der Waals surface area contributed by atoms with Crippen molar-refractivity contribution in [2.24, 2.45) is 0 Å². The topological polar surface area (TPSA) is 52.6 Å². The van der Waals surface area contributed by atoms with E-state index >= 15 is 0 Å². The lowest BCUT2D eigenvalue weighted by Gasteiger charge is -2.33. The van der Waals surface area contributed by atoms with Crippen LogP contribution in [0.3, 0.4) is 0 Å². The molecule has 0 aliphatic rings. The number of hydrogen-bond acceptors (Lipinski definition) is 4. The normalized spacial score (nSPS) is 13.6. The van der Waals surface area contributed by atoms with Gasteiger partial charge < -0.3 is 0 Å². The minimum absolute atomic E-state index is 0.0730. The van der Waals surface area contributed by atoms with Gasteiger partial charge in [-0.15, -0.1) is 0 Å². The highest BCUT2D eigenvalue weighted by molar-refractivity contribution is 5.92. The van der Waals surface area contributed by atoms with Crippen molar-refractivity contribution in [1.82, 2.24) is 0 Å². The first-order chi connectivity index (χ1) is 13.8. The second kappa shape index (κ2) is 6.57. The van der Waals surface area contributed by atoms with E-state index in [-0.39, 0.29) is 10.8 Å². The first-order valence-electron chi connectivity index (χ1n) is 10.9. The van der Waals surface area contributed by atoms with Gasteiger partial charge in [-0.2, -0.15) is 0 Å². The van der Waals surface area contributed by atoms with Crippen molar-refractivity contribution in [3.8, 4) is 11.1 Å². The Labute approximate surface area is 178 Å². The molecule has 2 heterocycles. The van der Waals surface area contributed by atoms with Gasteiger partial charge in [-0.25, -0.2) is 0 Å². The average Bonchev–Trinajstić information content (AvgIpc) is 2.53. The zero-order valence-electron chi connectivity index (χ0n) is 19.9. The van der Waals surface area contributed by atoms with E-state index in [4.69, 9.17) is 18.3 Å². The van der Waals surface area contributed by atoms with Crippen LogP contribution in [0.15, 0.2) is 30.4 Å². The van der Waals surface area contributed by atoms with Gasteiger partial charge in [0.15, 0.2) is 0 Å². The molecule has 0 amide bonds. The maximum absolute atomic E-state index is 5.46. The van der Waals surface area contributed by atoms with Gasteiger partial charge in [-0.3, -0.25) is 18.3 Å². The molecule has 30 heavy (non-hydrogen) atoms. The van der Waals surface area contributed by atoms with Crippen LogP contribution in [0.25, 0.3) is 33.5 Å². The highest BCUT2D eigenvalue weighted by atomic mass is 17.0. The number of fused-ring (bicyclic) bond motifs is 2. The van der Waals surface area contributed by atoms with Crippen LogP contribution in [0.1, 0.15) is 103 Å². The molecule has 4 rings (SSSR count). The molecule has 2 aromatic carbocycles. The standard InChI is InChI=1S/C26H34O4/c1-13(2)19-21(25(5,6)7)15(11-17-23(19)29-27-17)16-12-18-24(30-28-18)20(14(3)4)22(16)26(8,9)10/h11-14H,1-10H3. The molecule has 0 unspecified atom stereocenters. The third-order valence-corrected chi connectivity index (χ3v) is 5.94. The van der Waals surface area contributed by atoms with Gasteiger partial charge in [0.2, 0.25) is 22.3 Å². The molecular weight excluding hydrogens is 376 g/mol. The molecule has 4 heteroatoms. The van der Waals surface area contributed by atoms with Gasteiger partial charge >= 0.3 is 0 Å². The summed E-state index contributed by atoms with van der Waals surface area (Å²) in [5, 5.41) is 0. The zero-order chi connectivity index (χ0) is 22.2. The maximum atomic E-state index is 5.46. The summed E-state index contributed by atoms with van der Waals surface area (Å²) in [6.45, 7) is 22.5. The Morgan fingerprint density at radius 1 is 0.567 bits per heavy atom. The van der Waals surface area contributed by atoms with E-state index in [1.54, 1.807) is 0 Å². The Kier molecular flexibility index (Phi) is 4.57. The molecule has 0 atom stereocenters. The van der Waals surface area contributed by atoms with Crippen molar-refractivity contribution in [1.29, 1.82) is 0 Å². The number of hydrogen-bond donors (Lipinski definition) is 0. The summed E-state index contributed by atoms with van der Waals surface area (Å²) in [5.74, 6) is 0.622. The van der Waals surface area contributed by atoms with Crippen molar-refractivity contribution in [3.05, 3.63) is 34.4 Å². The SMILES string of the molecule is CC(C)c1c(C(C)(C)C)c(-c2cc3ooc3c(C(C)C)c2C(C)(C)C)cc2ooc12. The van der Waals surface area contributed by atoms with Crippen molar-refractivity contribution in [3.63, 3.8) is 0 Å². The first kappa shape index (κ1) is 20.9. The Balaban J connectivity index is 2.20. The van der Waals surface area contributed by atoms with E-state index in [9.17, 15) is 0 Å². The van der Waals surface area contributed by atoms with E-state index in [0.717, 1.165) is 22.3 Å². The lowest BCUT2D eigenvalue weighted by atomic mass is 9.71. The van der Waals surface area contributed by atoms with Crippen LogP contribution >= 0.6 is 0 Å². The fourth-order valence-electron chi connectivity index (χ4n) is 4.86. The van der Waals surface area contributed by atoms with Gasteiger partial charge in [-0.1, -0.05) is 69.2 Å². The van der Waals surface area contributed by atoms with E-state index in [1.807, 2.05) is 0 Å². The largest absolute Gasteiger partial charge is 0.286 e. The molecule has 0 N–H and O–H groups in total. The Morgan fingerprint density at radius 3 is 1.10 bits per heavy atom. The second-order valence-electron chi connectivity index (χ2n) is 11.2. The zero-order valence-corrected chi connectivity index (χ0v) is 19.9. The minimum atomic E-state index is -0.0730. The molecule has 0 aliphatic heterocycles. The van der Waals surface area contributed by atoms with E-state index in [1.165, 1.54) is 33.4 Å². The van der Waals surface area contributed by atoms with Crippen LogP contribution in [0.4, 0.5) is 0 Å². The lowest BCUT2D eigenvalue weighted by Crippen LogP contribution is -2.21. The monoisotopic (exact) mass is 410 g/mol. The molecule has 4 nitrogen and oxygen atoms in total. The lowest BCUT2D eigenvalue weighted by molar-refractivity contribution is 0.0574. The minimum Gasteiger partial charge on any atom is -0.286 e. The number of rotatable bonds is 3. The Morgan fingerprint density at radius 2 is 0.900 bits per heavy atom. The van der Waals surface area contributed by atoms with Gasteiger partial charge in [0.25, 0.3) is 0 Å². The third-order valence-electron chi connectivity index (χ3n) is 5.94. The average molecular weight is 411 g/mol. The van der Waals surface area contributed by atoms with Crippen molar-refractivity contribution in [2.75, 3.05) is 0 Å². The highest BCUT2D eigenvalue weighted by Gasteiger charge is 2.35. The molecule has 0 fully saturated rings. The molecule has 0 spiro atoms. The molecule has 0 radical (unpaired) electrons. The van der Waals surface area contributed by atoms with Gasteiger partial charge in [0.1, 0.15) is 0 Å². The Hall–Kier alpha value is -2.36. The van der Waals surface area contributed by atoms with E-state index in [0.29, 0.717) is 11.8 Å². The maximum Gasteiger partial charge on any atom is 0.229 e. The van der Waals surface area contributed by atoms with Gasteiger partial charge in [0, 0.05) is 11.1 Å². The van der Waals surface area contributed by atoms with Crippen molar-refractivity contribution >= 4 is 22.3 Å². The summed E-state index contributed by atoms with van der Waals surface area (Å²) in [5.41, 5.74) is 10.7. The smallest absolute Gasteiger partial charge is 0.229 e. The molecular formula is C26H34O4. The molecule has 4 aromatic rings. The first-order valence-corrected chi connectivity index (χ1v) is 10.9. The summed E-state index contributed by atoms with van der Waals surface area (Å²) in [6, 6.07) is 4.29. The predicted octanol–water partition coefficient (Wildman–Crippen LogP) is 8.87. The summed E-state index contributed by atoms with van der Waals surface area (Å²) in [4.78, 5) is 0. The molecule has 162 valence electrons. The molecule has 2 aromatic heterocycles. The second-order valence-corrected chi connectivity index (χ2v) is 11.2. The van der Waals surface area contributed by atoms with Crippen molar-refractivity contribution < 1.29 is 18.3 Å². The van der Waals surface area contributed by atoms with Gasteiger partial charge in [-0.05, 0) is 57.1 Å². The molecule has 0 bridgehead atoms. The fourth-order valence-corrected chi connectivity index (χ4v) is 4.86. The third kappa shape index (κ3) is 3.03. The Bertz CT molecular complexity index is 1110. The fraction of sp³-hybridized carbons (Fsp3) is 0.538.